The minimum Gasteiger partial charge on any atom is -0.368 e. The molecule has 0 fully saturated rings. The molecule has 0 radical (unpaired) electrons. The van der Waals surface area contributed by atoms with Crippen LogP contribution in [0.25, 0.3) is 0 Å². The number of nitrogens with two attached hydrogens (primary N) is 1. The molecule has 1 aromatic carbocycles. The Morgan fingerprint density at radius 1 is 1.16 bits per heavy atom. The van der Waals surface area contributed by atoms with E-state index in [1.54, 1.807) is 0 Å². The highest BCUT2D eigenvalue weighted by atomic mass is 15.1. The highest BCUT2D eigenvalue weighted by Gasteiger charge is 2.00. The number of hydrogen-bond donors (Lipinski definition) is 3. The lowest BCUT2D eigenvalue weighted by Gasteiger charge is -2.10. The molecular formula is C14H19N5. The molecule has 0 saturated carbocycles. The fourth-order valence-electron chi connectivity index (χ4n) is 1.57. The maximum absolute atomic E-state index is 5.69. The van der Waals surface area contributed by atoms with E-state index in [1.165, 1.54) is 11.9 Å². The monoisotopic (exact) mass is 257 g/mol. The Morgan fingerprint density at radius 2 is 1.84 bits per heavy atom. The molecule has 2 aromatic rings. The smallest absolute Gasteiger partial charge is 0.135 e. The molecule has 0 spiro atoms. The summed E-state index contributed by atoms with van der Waals surface area (Å²) in [6, 6.07) is 10.1. The molecule has 5 heteroatoms. The molecule has 0 saturated heterocycles. The summed E-state index contributed by atoms with van der Waals surface area (Å²) >= 11 is 0. The van der Waals surface area contributed by atoms with Gasteiger partial charge in [0.05, 0.1) is 0 Å². The van der Waals surface area contributed by atoms with Crippen LogP contribution in [0, 0.1) is 6.92 Å². The predicted molar refractivity (Wildman–Crippen MR) is 78.6 cm³/mol. The molecule has 4 N–H and O–H groups in total. The van der Waals surface area contributed by atoms with Crippen LogP contribution in [0.4, 0.5) is 17.3 Å². The average Bonchev–Trinajstić information content (AvgIpc) is 2.40. The van der Waals surface area contributed by atoms with Gasteiger partial charge in [-0.1, -0.05) is 17.7 Å². The van der Waals surface area contributed by atoms with Gasteiger partial charge in [0.25, 0.3) is 0 Å². The SMILES string of the molecule is Cc1ccc(Nc2cc(NCC(C)N)ncn2)cc1. The van der Waals surface area contributed by atoms with Crippen molar-refractivity contribution in [2.24, 2.45) is 5.73 Å². The highest BCUT2D eigenvalue weighted by molar-refractivity contribution is 5.58. The van der Waals surface area contributed by atoms with E-state index in [4.69, 9.17) is 5.73 Å². The van der Waals surface area contributed by atoms with Crippen molar-refractivity contribution >= 4 is 17.3 Å². The van der Waals surface area contributed by atoms with Gasteiger partial charge in [-0.15, -0.1) is 0 Å². The number of anilines is 3. The first-order valence-corrected chi connectivity index (χ1v) is 6.28. The fraction of sp³-hybridized carbons (Fsp3) is 0.286. The van der Waals surface area contributed by atoms with Gasteiger partial charge >= 0.3 is 0 Å². The lowest BCUT2D eigenvalue weighted by molar-refractivity contribution is 0.777. The summed E-state index contributed by atoms with van der Waals surface area (Å²) in [5.41, 5.74) is 7.93. The van der Waals surface area contributed by atoms with Crippen LogP contribution in [0.15, 0.2) is 36.7 Å². The molecule has 1 heterocycles. The summed E-state index contributed by atoms with van der Waals surface area (Å²) < 4.78 is 0. The van der Waals surface area contributed by atoms with Crippen LogP contribution < -0.4 is 16.4 Å². The van der Waals surface area contributed by atoms with Crippen LogP contribution in [-0.4, -0.2) is 22.6 Å². The van der Waals surface area contributed by atoms with Gasteiger partial charge in [-0.05, 0) is 26.0 Å². The number of nitrogens with one attached hydrogen (secondary N) is 2. The van der Waals surface area contributed by atoms with E-state index in [2.05, 4.69) is 39.7 Å². The van der Waals surface area contributed by atoms with Gasteiger partial charge in [0.15, 0.2) is 0 Å². The van der Waals surface area contributed by atoms with Gasteiger partial charge in [-0.25, -0.2) is 9.97 Å². The quantitative estimate of drug-likeness (QED) is 0.766. The Hall–Kier alpha value is -2.14. The molecule has 1 atom stereocenters. The molecule has 1 aromatic heterocycles. The molecule has 5 nitrogen and oxygen atoms in total. The number of rotatable bonds is 5. The van der Waals surface area contributed by atoms with Crippen molar-refractivity contribution in [2.45, 2.75) is 19.9 Å². The van der Waals surface area contributed by atoms with Crippen LogP contribution in [-0.2, 0) is 0 Å². The van der Waals surface area contributed by atoms with Crippen molar-refractivity contribution in [1.82, 2.24) is 9.97 Å². The Morgan fingerprint density at radius 3 is 2.53 bits per heavy atom. The van der Waals surface area contributed by atoms with Gasteiger partial charge < -0.3 is 16.4 Å². The Bertz CT molecular complexity index is 522. The molecule has 0 aliphatic carbocycles. The number of nitrogens with zero attached hydrogens (tertiary/aromatic N) is 2. The van der Waals surface area contributed by atoms with Gasteiger partial charge in [-0.2, -0.15) is 0 Å². The first-order chi connectivity index (χ1) is 9.13. The van der Waals surface area contributed by atoms with Crippen molar-refractivity contribution in [3.63, 3.8) is 0 Å². The number of aryl methyl sites for hydroxylation is 1. The van der Waals surface area contributed by atoms with E-state index in [0.717, 1.165) is 17.3 Å². The van der Waals surface area contributed by atoms with Gasteiger partial charge in [0.1, 0.15) is 18.0 Å². The molecule has 1 unspecified atom stereocenters. The van der Waals surface area contributed by atoms with Crippen LogP contribution in [0.2, 0.25) is 0 Å². The molecule has 2 rings (SSSR count). The first kappa shape index (κ1) is 13.3. The van der Waals surface area contributed by atoms with Crippen LogP contribution in [0.5, 0.6) is 0 Å². The van der Waals surface area contributed by atoms with Crippen molar-refractivity contribution in [1.29, 1.82) is 0 Å². The van der Waals surface area contributed by atoms with E-state index in [1.807, 2.05) is 25.1 Å². The zero-order chi connectivity index (χ0) is 13.7. The third-order valence-electron chi connectivity index (χ3n) is 2.60. The van der Waals surface area contributed by atoms with E-state index >= 15 is 0 Å². The summed E-state index contributed by atoms with van der Waals surface area (Å²) in [4.78, 5) is 8.34. The molecule has 0 aliphatic heterocycles. The molecule has 0 aliphatic rings. The van der Waals surface area contributed by atoms with Gasteiger partial charge in [0.2, 0.25) is 0 Å². The Balaban J connectivity index is 2.04. The molecule has 0 bridgehead atoms. The normalized spacial score (nSPS) is 11.9. The molecule has 19 heavy (non-hydrogen) atoms. The number of aromatic nitrogens is 2. The highest BCUT2D eigenvalue weighted by Crippen LogP contribution is 2.16. The van der Waals surface area contributed by atoms with Crippen molar-refractivity contribution in [3.05, 3.63) is 42.2 Å². The minimum absolute atomic E-state index is 0.0865. The third kappa shape index (κ3) is 4.22. The standard InChI is InChI=1S/C14H19N5/c1-10-3-5-12(6-4-10)19-14-7-13(17-9-18-14)16-8-11(2)15/h3-7,9,11H,8,15H2,1-2H3,(H2,16,17,18,19). The van der Waals surface area contributed by atoms with Gasteiger partial charge in [0, 0.05) is 24.3 Å². The molecular weight excluding hydrogens is 238 g/mol. The Labute approximate surface area is 113 Å². The lowest BCUT2D eigenvalue weighted by atomic mass is 10.2. The van der Waals surface area contributed by atoms with E-state index in [0.29, 0.717) is 6.54 Å². The zero-order valence-electron chi connectivity index (χ0n) is 11.2. The van der Waals surface area contributed by atoms with Crippen molar-refractivity contribution < 1.29 is 0 Å². The van der Waals surface area contributed by atoms with Gasteiger partial charge in [-0.3, -0.25) is 0 Å². The molecule has 100 valence electrons. The fourth-order valence-corrected chi connectivity index (χ4v) is 1.57. The first-order valence-electron chi connectivity index (χ1n) is 6.28. The second kappa shape index (κ2) is 6.15. The third-order valence-corrected chi connectivity index (χ3v) is 2.60. The summed E-state index contributed by atoms with van der Waals surface area (Å²) in [5, 5.41) is 6.40. The average molecular weight is 257 g/mol. The van der Waals surface area contributed by atoms with Crippen LogP contribution >= 0.6 is 0 Å². The maximum atomic E-state index is 5.69. The predicted octanol–water partition coefficient (Wildman–Crippen LogP) is 2.29. The topological polar surface area (TPSA) is 75.9 Å². The van der Waals surface area contributed by atoms with Crippen molar-refractivity contribution in [2.75, 3.05) is 17.2 Å². The second-order valence-electron chi connectivity index (χ2n) is 4.64. The Kier molecular flexibility index (Phi) is 4.30. The maximum Gasteiger partial charge on any atom is 0.135 e. The van der Waals surface area contributed by atoms with Crippen LogP contribution in [0.3, 0.4) is 0 Å². The number of hydrogen-bond acceptors (Lipinski definition) is 5. The minimum atomic E-state index is 0.0865. The summed E-state index contributed by atoms with van der Waals surface area (Å²) in [7, 11) is 0. The molecule has 0 amide bonds. The zero-order valence-corrected chi connectivity index (χ0v) is 11.2. The summed E-state index contributed by atoms with van der Waals surface area (Å²) in [6.07, 6.45) is 1.53. The van der Waals surface area contributed by atoms with E-state index < -0.39 is 0 Å². The summed E-state index contributed by atoms with van der Waals surface area (Å²) in [6.45, 7) is 4.69. The lowest BCUT2D eigenvalue weighted by Crippen LogP contribution is -2.25. The van der Waals surface area contributed by atoms with E-state index in [-0.39, 0.29) is 6.04 Å². The second-order valence-corrected chi connectivity index (χ2v) is 4.64. The summed E-state index contributed by atoms with van der Waals surface area (Å²) in [5.74, 6) is 1.52. The van der Waals surface area contributed by atoms with E-state index in [9.17, 15) is 0 Å². The number of benzene rings is 1. The largest absolute Gasteiger partial charge is 0.368 e. The van der Waals surface area contributed by atoms with Crippen molar-refractivity contribution in [3.8, 4) is 0 Å². The van der Waals surface area contributed by atoms with Crippen LogP contribution in [0.1, 0.15) is 12.5 Å².